The summed E-state index contributed by atoms with van der Waals surface area (Å²) in [6.45, 7) is 6.01. The highest BCUT2D eigenvalue weighted by atomic mass is 19.3. The Morgan fingerprint density at radius 2 is 1.64 bits per heavy atom. The van der Waals surface area contributed by atoms with Crippen molar-refractivity contribution in [2.75, 3.05) is 26.4 Å². The van der Waals surface area contributed by atoms with Crippen LogP contribution in [0.1, 0.15) is 95.6 Å². The number of aliphatic imine (C=N–C) groups is 1. The van der Waals surface area contributed by atoms with Gasteiger partial charge in [-0.1, -0.05) is 58.8 Å². The van der Waals surface area contributed by atoms with Crippen LogP contribution >= 0.6 is 0 Å². The number of halogens is 4. The highest BCUT2D eigenvalue weighted by Crippen LogP contribution is 2.47. The van der Waals surface area contributed by atoms with E-state index in [2.05, 4.69) is 23.8 Å². The number of alkyl halides is 3. The molecule has 0 N–H and O–H groups in total. The fourth-order valence-electron chi connectivity index (χ4n) is 4.85. The van der Waals surface area contributed by atoms with Gasteiger partial charge in [-0.2, -0.15) is 13.8 Å². The van der Waals surface area contributed by atoms with E-state index in [4.69, 9.17) is 14.3 Å². The molecule has 0 saturated heterocycles. The van der Waals surface area contributed by atoms with Crippen LogP contribution < -0.4 is 4.74 Å². The van der Waals surface area contributed by atoms with Crippen LogP contribution in [-0.4, -0.2) is 48.6 Å². The van der Waals surface area contributed by atoms with Gasteiger partial charge in [-0.3, -0.25) is 4.84 Å². The van der Waals surface area contributed by atoms with Crippen LogP contribution in [-0.2, 0) is 21.9 Å². The Kier molecular flexibility index (Phi) is 13.0. The van der Waals surface area contributed by atoms with Gasteiger partial charge >= 0.3 is 0 Å². The molecule has 0 aromatic carbocycles. The zero-order valence-electron chi connectivity index (χ0n) is 23.3. The Bertz CT molecular complexity index is 945. The minimum Gasteiger partial charge on any atom is -0.478 e. The van der Waals surface area contributed by atoms with E-state index >= 15 is 8.78 Å². The summed E-state index contributed by atoms with van der Waals surface area (Å²) >= 11 is 0. The monoisotopic (exact) mass is 557 g/mol. The van der Waals surface area contributed by atoms with Gasteiger partial charge in [-0.25, -0.2) is 18.8 Å². The molecule has 6 nitrogen and oxygen atoms in total. The van der Waals surface area contributed by atoms with Crippen LogP contribution in [0.2, 0.25) is 0 Å². The van der Waals surface area contributed by atoms with Gasteiger partial charge in [0.2, 0.25) is 11.8 Å². The van der Waals surface area contributed by atoms with E-state index in [1.165, 1.54) is 37.6 Å². The quantitative estimate of drug-likeness (QED) is 0.0803. The fourth-order valence-corrected chi connectivity index (χ4v) is 4.85. The molecule has 0 saturated carbocycles. The highest BCUT2D eigenvalue weighted by Gasteiger charge is 2.50. The maximum atomic E-state index is 15.5. The zero-order valence-corrected chi connectivity index (χ0v) is 23.3. The molecular formula is C29H43F4N3O3. The third-order valence-electron chi connectivity index (χ3n) is 7.04. The zero-order chi connectivity index (χ0) is 28.1. The number of hydrogen-bond donors (Lipinski definition) is 0. The number of aromatic nitrogens is 1. The van der Waals surface area contributed by atoms with Crippen LogP contribution in [0.15, 0.2) is 23.3 Å². The van der Waals surface area contributed by atoms with Crippen LogP contribution in [0, 0.1) is 11.9 Å². The number of aryl methyl sites for hydroxylation is 1. The van der Waals surface area contributed by atoms with Crippen molar-refractivity contribution in [1.82, 2.24) is 10.0 Å². The lowest BCUT2D eigenvalue weighted by atomic mass is 9.78. The molecule has 2 heterocycles. The Hall–Kier alpha value is -2.20. The largest absolute Gasteiger partial charge is 0.478 e. The minimum atomic E-state index is -3.59. The third kappa shape index (κ3) is 9.17. The number of nitrogens with zero attached hydrogens (tertiary/aromatic N) is 3. The van der Waals surface area contributed by atoms with Crippen LogP contribution in [0.5, 0.6) is 5.88 Å². The molecule has 2 unspecified atom stereocenters. The Morgan fingerprint density at radius 1 is 0.949 bits per heavy atom. The molecular weight excluding hydrogens is 514 g/mol. The molecule has 0 spiro atoms. The van der Waals surface area contributed by atoms with Gasteiger partial charge in [0.05, 0.1) is 30.4 Å². The van der Waals surface area contributed by atoms with Crippen molar-refractivity contribution in [3.63, 3.8) is 0 Å². The molecule has 2 atom stereocenters. The summed E-state index contributed by atoms with van der Waals surface area (Å²) in [7, 11) is 0. The van der Waals surface area contributed by atoms with Crippen LogP contribution in [0.4, 0.5) is 17.6 Å². The molecule has 0 amide bonds. The first-order valence-corrected chi connectivity index (χ1v) is 14.5. The molecule has 0 radical (unpaired) electrons. The van der Waals surface area contributed by atoms with Crippen LogP contribution in [0.25, 0.3) is 0 Å². The average molecular weight is 558 g/mol. The van der Waals surface area contributed by atoms with Gasteiger partial charge in [0.25, 0.3) is 12.3 Å². The van der Waals surface area contributed by atoms with E-state index in [9.17, 15) is 8.78 Å². The molecule has 0 fully saturated rings. The second kappa shape index (κ2) is 16.2. The number of ether oxygens (including phenoxy) is 2. The maximum Gasteiger partial charge on any atom is 0.288 e. The number of unbranched alkanes of at least 4 members (excludes halogenated alkanes) is 7. The van der Waals surface area contributed by atoms with Gasteiger partial charge in [-0.15, -0.1) is 0 Å². The number of allylic oxidation sites excluding steroid dienone is 1. The molecule has 3 rings (SSSR count). The fraction of sp³-hybridized carbons (Fsp3) is 0.724. The lowest BCUT2D eigenvalue weighted by Gasteiger charge is -2.35. The second-order valence-electron chi connectivity index (χ2n) is 10.2. The molecule has 1 aromatic rings. The topological polar surface area (TPSA) is 56.2 Å². The first-order valence-electron chi connectivity index (χ1n) is 14.5. The van der Waals surface area contributed by atoms with E-state index in [0.29, 0.717) is 26.2 Å². The molecule has 39 heavy (non-hydrogen) atoms. The van der Waals surface area contributed by atoms with Gasteiger partial charge in [0, 0.05) is 25.5 Å². The lowest BCUT2D eigenvalue weighted by molar-refractivity contribution is -0.182. The summed E-state index contributed by atoms with van der Waals surface area (Å²) in [5, 5.41) is 0.894. The van der Waals surface area contributed by atoms with Crippen molar-refractivity contribution in [3.8, 4) is 5.88 Å². The van der Waals surface area contributed by atoms with Gasteiger partial charge in [-0.05, 0) is 43.7 Å². The van der Waals surface area contributed by atoms with Crippen molar-refractivity contribution in [1.29, 1.82) is 0 Å². The summed E-state index contributed by atoms with van der Waals surface area (Å²) in [4.78, 5) is 12.9. The maximum absolute atomic E-state index is 15.5. The number of fused-ring (bicyclic) bond motifs is 1. The van der Waals surface area contributed by atoms with Gasteiger partial charge in [0.1, 0.15) is 0 Å². The van der Waals surface area contributed by atoms with Crippen molar-refractivity contribution in [2.45, 2.75) is 103 Å². The van der Waals surface area contributed by atoms with Crippen molar-refractivity contribution in [2.24, 2.45) is 10.9 Å². The van der Waals surface area contributed by atoms with Crippen LogP contribution in [0.3, 0.4) is 0 Å². The average Bonchev–Trinajstić information content (AvgIpc) is 2.90. The summed E-state index contributed by atoms with van der Waals surface area (Å²) in [5.41, 5.74) is -0.712. The number of pyridine rings is 1. The summed E-state index contributed by atoms with van der Waals surface area (Å²) < 4.78 is 71.6. The second-order valence-corrected chi connectivity index (χ2v) is 10.2. The smallest absolute Gasteiger partial charge is 0.288 e. The van der Waals surface area contributed by atoms with E-state index in [0.717, 1.165) is 43.6 Å². The van der Waals surface area contributed by atoms with Gasteiger partial charge in [0.15, 0.2) is 0 Å². The number of rotatable bonds is 18. The molecule has 2 aliphatic rings. The molecule has 10 heteroatoms. The van der Waals surface area contributed by atoms with E-state index in [-0.39, 0.29) is 36.6 Å². The molecule has 1 aliphatic heterocycles. The van der Waals surface area contributed by atoms with Crippen molar-refractivity contribution >= 4 is 5.71 Å². The predicted octanol–water partition coefficient (Wildman–Crippen LogP) is 7.67. The Balaban J connectivity index is 1.51. The SMILES string of the molecule is CCCCCCCCOc1cc2c(c(F)n1)C(F)(F)C(C1=NC(F)N(OCCCOCCCCC)C=C1)CC2. The van der Waals surface area contributed by atoms with Gasteiger partial charge < -0.3 is 9.47 Å². The Morgan fingerprint density at radius 3 is 2.41 bits per heavy atom. The van der Waals surface area contributed by atoms with Crippen molar-refractivity contribution < 1.29 is 31.9 Å². The predicted molar refractivity (Wildman–Crippen MR) is 143 cm³/mol. The summed E-state index contributed by atoms with van der Waals surface area (Å²) in [6.07, 6.45) is 11.0. The normalized spacial score (nSPS) is 20.2. The third-order valence-corrected chi connectivity index (χ3v) is 7.04. The molecule has 1 aromatic heterocycles. The lowest BCUT2D eigenvalue weighted by Crippen LogP contribution is -2.40. The summed E-state index contributed by atoms with van der Waals surface area (Å²) in [5.74, 6) is -6.29. The van der Waals surface area contributed by atoms with Crippen molar-refractivity contribution in [3.05, 3.63) is 35.4 Å². The molecule has 220 valence electrons. The standard InChI is InChI=1S/C29H43F4N3O3/c1-3-5-7-8-9-11-19-38-25-21-22-13-14-23(29(32,33)26(22)27(30)35-25)24-15-16-36(28(31)34-24)39-20-12-18-37-17-10-6-4-2/h15-16,21,23,28H,3-14,17-20H2,1-2H3. The van der Waals surface area contributed by atoms with E-state index < -0.39 is 29.8 Å². The summed E-state index contributed by atoms with van der Waals surface area (Å²) in [6, 6.07) is 1.40. The first kappa shape index (κ1) is 31.3. The highest BCUT2D eigenvalue weighted by molar-refractivity contribution is 5.98. The van der Waals surface area contributed by atoms with E-state index in [1.54, 1.807) is 0 Å². The molecule has 0 bridgehead atoms. The number of hydroxylamine groups is 2. The van der Waals surface area contributed by atoms with E-state index in [1.807, 2.05) is 0 Å². The molecule has 1 aliphatic carbocycles. The Labute approximate surface area is 229 Å². The number of hydrogen-bond acceptors (Lipinski definition) is 6. The first-order chi connectivity index (χ1) is 18.9. The minimum absolute atomic E-state index is 0.00750.